The molecule has 0 radical (unpaired) electrons. The normalized spacial score (nSPS) is 13.2. The number of carbonyl (C=O) groups is 1. The van der Waals surface area contributed by atoms with Gasteiger partial charge in [0.15, 0.2) is 0 Å². The second-order valence-electron chi connectivity index (χ2n) is 5.91. The first kappa shape index (κ1) is 14.5. The highest BCUT2D eigenvalue weighted by Gasteiger charge is 2.15. The molecule has 2 aromatic carbocycles. The second-order valence-corrected chi connectivity index (χ2v) is 5.91. The van der Waals surface area contributed by atoms with E-state index in [2.05, 4.69) is 45.1 Å². The van der Waals surface area contributed by atoms with E-state index < -0.39 is 0 Å². The number of fused-ring (bicyclic) bond motifs is 1. The number of anilines is 2. The third-order valence-corrected chi connectivity index (χ3v) is 4.27. The minimum Gasteiger partial charge on any atom is -0.381 e. The number of rotatable bonds is 4. The van der Waals surface area contributed by atoms with Crippen molar-refractivity contribution in [1.82, 2.24) is 10.2 Å². The number of aryl methyl sites for hydroxylation is 1. The Kier molecular flexibility index (Phi) is 3.75. The number of nitrogens with one attached hydrogen (secondary N) is 3. The maximum Gasteiger partial charge on any atom is 0.224 e. The molecule has 24 heavy (non-hydrogen) atoms. The number of hydrogen-bond acceptors (Lipinski definition) is 3. The SMILES string of the molecule is O=C1CCc2ccc(NCc3cn[nH]c3-c3ccccc3)cc2N1. The summed E-state index contributed by atoms with van der Waals surface area (Å²) in [4.78, 5) is 11.5. The Bertz CT molecular complexity index is 870. The Morgan fingerprint density at radius 1 is 1.08 bits per heavy atom. The zero-order valence-electron chi connectivity index (χ0n) is 13.2. The molecule has 1 aliphatic rings. The van der Waals surface area contributed by atoms with E-state index in [9.17, 15) is 4.79 Å². The lowest BCUT2D eigenvalue weighted by Crippen LogP contribution is -2.19. The van der Waals surface area contributed by atoms with Gasteiger partial charge in [0.1, 0.15) is 0 Å². The molecule has 4 rings (SSSR count). The number of nitrogens with zero attached hydrogens (tertiary/aromatic N) is 1. The number of aromatic amines is 1. The van der Waals surface area contributed by atoms with Crippen LogP contribution in [0.4, 0.5) is 11.4 Å². The van der Waals surface area contributed by atoms with Gasteiger partial charge in [-0.15, -0.1) is 0 Å². The number of benzene rings is 2. The molecule has 5 heteroatoms. The standard InChI is InChI=1S/C19H18N4O/c24-18-9-7-13-6-8-16(10-17(13)22-18)20-11-15-12-21-23-19(15)14-4-2-1-3-5-14/h1-6,8,10,12,20H,7,9,11H2,(H,21,23)(H,22,24). The molecule has 5 nitrogen and oxygen atoms in total. The minimum atomic E-state index is 0.0841. The van der Waals surface area contributed by atoms with Crippen molar-refractivity contribution in [3.05, 3.63) is 65.9 Å². The average Bonchev–Trinajstić information content (AvgIpc) is 3.09. The molecule has 0 saturated carbocycles. The molecule has 0 unspecified atom stereocenters. The van der Waals surface area contributed by atoms with Crippen molar-refractivity contribution in [2.75, 3.05) is 10.6 Å². The van der Waals surface area contributed by atoms with Crippen molar-refractivity contribution in [2.45, 2.75) is 19.4 Å². The van der Waals surface area contributed by atoms with Crippen LogP contribution in [0.5, 0.6) is 0 Å². The zero-order valence-corrected chi connectivity index (χ0v) is 13.2. The summed E-state index contributed by atoms with van der Waals surface area (Å²) in [5.41, 5.74) is 6.32. The van der Waals surface area contributed by atoms with E-state index in [0.717, 1.165) is 34.6 Å². The highest BCUT2D eigenvalue weighted by Crippen LogP contribution is 2.27. The maximum absolute atomic E-state index is 11.5. The lowest BCUT2D eigenvalue weighted by Gasteiger charge is -2.18. The summed E-state index contributed by atoms with van der Waals surface area (Å²) in [6, 6.07) is 16.3. The Labute approximate surface area is 140 Å². The summed E-state index contributed by atoms with van der Waals surface area (Å²) in [6.45, 7) is 0.660. The molecular formula is C19H18N4O. The fourth-order valence-corrected chi connectivity index (χ4v) is 2.98. The molecule has 0 bridgehead atoms. The van der Waals surface area contributed by atoms with E-state index in [4.69, 9.17) is 0 Å². The highest BCUT2D eigenvalue weighted by molar-refractivity contribution is 5.94. The van der Waals surface area contributed by atoms with Crippen molar-refractivity contribution in [1.29, 1.82) is 0 Å². The quantitative estimate of drug-likeness (QED) is 0.689. The summed E-state index contributed by atoms with van der Waals surface area (Å²) in [6.07, 6.45) is 3.21. The van der Waals surface area contributed by atoms with Crippen molar-refractivity contribution >= 4 is 17.3 Å². The van der Waals surface area contributed by atoms with Gasteiger partial charge in [-0.1, -0.05) is 36.4 Å². The van der Waals surface area contributed by atoms with Gasteiger partial charge in [-0.2, -0.15) is 5.10 Å². The summed E-state index contributed by atoms with van der Waals surface area (Å²) < 4.78 is 0. The smallest absolute Gasteiger partial charge is 0.224 e. The molecule has 0 saturated heterocycles. The molecule has 1 aliphatic heterocycles. The van der Waals surface area contributed by atoms with E-state index in [1.54, 1.807) is 0 Å². The molecule has 1 amide bonds. The lowest BCUT2D eigenvalue weighted by atomic mass is 10.0. The Hall–Kier alpha value is -3.08. The number of carbonyl (C=O) groups excluding carboxylic acids is 1. The second kappa shape index (κ2) is 6.20. The van der Waals surface area contributed by atoms with Crippen LogP contribution < -0.4 is 10.6 Å². The van der Waals surface area contributed by atoms with Gasteiger partial charge < -0.3 is 10.6 Å². The monoisotopic (exact) mass is 318 g/mol. The number of hydrogen-bond donors (Lipinski definition) is 3. The van der Waals surface area contributed by atoms with Crippen LogP contribution >= 0.6 is 0 Å². The first-order valence-corrected chi connectivity index (χ1v) is 8.04. The molecule has 0 fully saturated rings. The first-order valence-electron chi connectivity index (χ1n) is 8.04. The summed E-state index contributed by atoms with van der Waals surface area (Å²) in [5, 5.41) is 13.6. The topological polar surface area (TPSA) is 69.8 Å². The van der Waals surface area contributed by atoms with Crippen LogP contribution in [0.25, 0.3) is 11.3 Å². The first-order chi connectivity index (χ1) is 11.8. The minimum absolute atomic E-state index is 0.0841. The van der Waals surface area contributed by atoms with Crippen LogP contribution in [0, 0.1) is 0 Å². The van der Waals surface area contributed by atoms with Gasteiger partial charge >= 0.3 is 0 Å². The third-order valence-electron chi connectivity index (χ3n) is 4.27. The maximum atomic E-state index is 11.5. The molecule has 0 atom stereocenters. The van der Waals surface area contributed by atoms with E-state index >= 15 is 0 Å². The summed E-state index contributed by atoms with van der Waals surface area (Å²) in [7, 11) is 0. The van der Waals surface area contributed by atoms with Gasteiger partial charge in [-0.3, -0.25) is 9.89 Å². The van der Waals surface area contributed by atoms with Crippen molar-refractivity contribution in [3.8, 4) is 11.3 Å². The van der Waals surface area contributed by atoms with Crippen LogP contribution in [0.15, 0.2) is 54.7 Å². The fourth-order valence-electron chi connectivity index (χ4n) is 2.98. The molecule has 3 aromatic rings. The number of amides is 1. The summed E-state index contributed by atoms with van der Waals surface area (Å²) >= 11 is 0. The van der Waals surface area contributed by atoms with Crippen LogP contribution in [-0.2, 0) is 17.8 Å². The Morgan fingerprint density at radius 2 is 1.96 bits per heavy atom. The fraction of sp³-hybridized carbons (Fsp3) is 0.158. The Balaban J connectivity index is 1.51. The van der Waals surface area contributed by atoms with Crippen LogP contribution in [0.1, 0.15) is 17.5 Å². The van der Waals surface area contributed by atoms with Crippen molar-refractivity contribution < 1.29 is 4.79 Å². The van der Waals surface area contributed by atoms with Gasteiger partial charge in [0.05, 0.1) is 11.9 Å². The van der Waals surface area contributed by atoms with Gasteiger partial charge in [-0.25, -0.2) is 0 Å². The van der Waals surface area contributed by atoms with Gasteiger partial charge in [0.2, 0.25) is 5.91 Å². The van der Waals surface area contributed by atoms with E-state index in [-0.39, 0.29) is 5.91 Å². The van der Waals surface area contributed by atoms with Crippen molar-refractivity contribution in [3.63, 3.8) is 0 Å². The Morgan fingerprint density at radius 3 is 2.83 bits per heavy atom. The van der Waals surface area contributed by atoms with Gasteiger partial charge in [-0.05, 0) is 29.7 Å². The van der Waals surface area contributed by atoms with Crippen molar-refractivity contribution in [2.24, 2.45) is 0 Å². The predicted molar refractivity (Wildman–Crippen MR) is 94.7 cm³/mol. The highest BCUT2D eigenvalue weighted by atomic mass is 16.1. The predicted octanol–water partition coefficient (Wildman–Crippen LogP) is 3.57. The third kappa shape index (κ3) is 2.88. The molecule has 0 spiro atoms. The molecule has 0 aliphatic carbocycles. The van der Waals surface area contributed by atoms with Crippen LogP contribution in [0.3, 0.4) is 0 Å². The largest absolute Gasteiger partial charge is 0.381 e. The molecule has 2 heterocycles. The number of aromatic nitrogens is 2. The number of H-pyrrole nitrogens is 1. The van der Waals surface area contributed by atoms with Crippen LogP contribution in [-0.4, -0.2) is 16.1 Å². The molecule has 1 aromatic heterocycles. The van der Waals surface area contributed by atoms with E-state index in [1.807, 2.05) is 30.5 Å². The van der Waals surface area contributed by atoms with Gasteiger partial charge in [0, 0.05) is 29.9 Å². The zero-order chi connectivity index (χ0) is 16.4. The molecular weight excluding hydrogens is 300 g/mol. The van der Waals surface area contributed by atoms with Gasteiger partial charge in [0.25, 0.3) is 0 Å². The average molecular weight is 318 g/mol. The summed E-state index contributed by atoms with van der Waals surface area (Å²) in [5.74, 6) is 0.0841. The molecule has 3 N–H and O–H groups in total. The molecule has 120 valence electrons. The van der Waals surface area contributed by atoms with E-state index in [0.29, 0.717) is 13.0 Å². The van der Waals surface area contributed by atoms with E-state index in [1.165, 1.54) is 5.56 Å². The lowest BCUT2D eigenvalue weighted by molar-refractivity contribution is -0.116. The van der Waals surface area contributed by atoms with Crippen LogP contribution in [0.2, 0.25) is 0 Å².